The maximum absolute atomic E-state index is 13.2. The quantitative estimate of drug-likeness (QED) is 0.620. The lowest BCUT2D eigenvalue weighted by Gasteiger charge is -2.06. The number of aryl methyl sites for hydroxylation is 1. The van der Waals surface area contributed by atoms with E-state index in [9.17, 15) is 4.39 Å². The number of hydrogen-bond acceptors (Lipinski definition) is 3. The second-order valence-electron chi connectivity index (χ2n) is 6.17. The number of aromatic nitrogens is 2. The molecule has 1 heterocycles. The van der Waals surface area contributed by atoms with E-state index < -0.39 is 0 Å². The van der Waals surface area contributed by atoms with Gasteiger partial charge in [0.25, 0.3) is 0 Å². The highest BCUT2D eigenvalue weighted by Crippen LogP contribution is 2.24. The molecule has 2 aromatic carbocycles. The number of benzene rings is 2. The minimum atomic E-state index is -0.252. The minimum absolute atomic E-state index is 0.252. The molecule has 0 amide bonds. The zero-order valence-corrected chi connectivity index (χ0v) is 15.2. The molecule has 0 aliphatic heterocycles. The van der Waals surface area contributed by atoms with Crippen LogP contribution in [0.15, 0.2) is 54.7 Å². The first-order chi connectivity index (χ1) is 12.7. The fraction of sp³-hybridized carbons (Fsp3) is 0.286. The van der Waals surface area contributed by atoms with E-state index in [0.29, 0.717) is 13.2 Å². The molecule has 0 aliphatic rings. The lowest BCUT2D eigenvalue weighted by Crippen LogP contribution is -2.19. The molecule has 0 atom stereocenters. The van der Waals surface area contributed by atoms with Crippen molar-refractivity contribution in [1.82, 2.24) is 15.1 Å². The first kappa shape index (κ1) is 18.3. The maximum atomic E-state index is 13.2. The summed E-state index contributed by atoms with van der Waals surface area (Å²) in [7, 11) is 0. The fourth-order valence-corrected chi connectivity index (χ4v) is 2.81. The molecule has 0 bridgehead atoms. The third-order valence-electron chi connectivity index (χ3n) is 4.12. The van der Waals surface area contributed by atoms with Crippen LogP contribution in [0.2, 0.25) is 0 Å². The van der Waals surface area contributed by atoms with Crippen LogP contribution in [-0.4, -0.2) is 29.5 Å². The number of nitrogens with one attached hydrogen (secondary N) is 1. The minimum Gasteiger partial charge on any atom is -0.380 e. The smallest absolute Gasteiger partial charge is 0.123 e. The molecule has 1 aromatic heterocycles. The Morgan fingerprint density at radius 3 is 2.69 bits per heavy atom. The topological polar surface area (TPSA) is 39.1 Å². The van der Waals surface area contributed by atoms with Crippen LogP contribution in [0.5, 0.6) is 0 Å². The third-order valence-corrected chi connectivity index (χ3v) is 4.12. The van der Waals surface area contributed by atoms with Crippen molar-refractivity contribution in [3.63, 3.8) is 0 Å². The third kappa shape index (κ3) is 4.56. The first-order valence-electron chi connectivity index (χ1n) is 8.87. The number of ether oxygens (including phenoxy) is 1. The zero-order valence-electron chi connectivity index (χ0n) is 15.2. The Morgan fingerprint density at radius 2 is 1.96 bits per heavy atom. The molecule has 0 radical (unpaired) electrons. The van der Waals surface area contributed by atoms with Crippen LogP contribution in [0.4, 0.5) is 4.39 Å². The Labute approximate surface area is 153 Å². The Morgan fingerprint density at radius 1 is 1.15 bits per heavy atom. The number of nitrogens with zero attached hydrogens (tertiary/aromatic N) is 2. The standard InChI is InChI=1S/C21H24FN3O/c1-3-26-12-11-23-14-18-15-25(20-9-7-19(22)8-10-20)24-21(18)17-6-4-5-16(2)13-17/h4-10,13,15,23H,3,11-12,14H2,1-2H3. The van der Waals surface area contributed by atoms with Gasteiger partial charge in [0.15, 0.2) is 0 Å². The maximum Gasteiger partial charge on any atom is 0.123 e. The summed E-state index contributed by atoms with van der Waals surface area (Å²) in [4.78, 5) is 0. The summed E-state index contributed by atoms with van der Waals surface area (Å²) in [5.74, 6) is -0.252. The van der Waals surface area contributed by atoms with Gasteiger partial charge >= 0.3 is 0 Å². The lowest BCUT2D eigenvalue weighted by molar-refractivity contribution is 0.149. The van der Waals surface area contributed by atoms with Gasteiger partial charge in [-0.3, -0.25) is 0 Å². The molecule has 0 unspecified atom stereocenters. The van der Waals surface area contributed by atoms with Crippen molar-refractivity contribution in [2.75, 3.05) is 19.8 Å². The van der Waals surface area contributed by atoms with Gasteiger partial charge in [-0.15, -0.1) is 0 Å². The Bertz CT molecular complexity index is 843. The second kappa shape index (κ2) is 8.74. The zero-order chi connectivity index (χ0) is 18.4. The van der Waals surface area contributed by atoms with E-state index in [4.69, 9.17) is 9.84 Å². The van der Waals surface area contributed by atoms with Crippen molar-refractivity contribution in [3.05, 3.63) is 71.7 Å². The Kier molecular flexibility index (Phi) is 6.15. The molecule has 5 heteroatoms. The summed E-state index contributed by atoms with van der Waals surface area (Å²) >= 11 is 0. The van der Waals surface area contributed by atoms with E-state index in [1.807, 2.05) is 19.2 Å². The molecule has 3 rings (SSSR count). The van der Waals surface area contributed by atoms with Crippen LogP contribution >= 0.6 is 0 Å². The molecule has 136 valence electrons. The van der Waals surface area contributed by atoms with Crippen LogP contribution in [0.3, 0.4) is 0 Å². The van der Waals surface area contributed by atoms with Crippen molar-refractivity contribution in [2.24, 2.45) is 0 Å². The van der Waals surface area contributed by atoms with E-state index in [0.717, 1.165) is 35.7 Å². The predicted octanol–water partition coefficient (Wildman–Crippen LogP) is 4.11. The van der Waals surface area contributed by atoms with Crippen molar-refractivity contribution >= 4 is 0 Å². The monoisotopic (exact) mass is 353 g/mol. The predicted molar refractivity (Wildman–Crippen MR) is 102 cm³/mol. The van der Waals surface area contributed by atoms with E-state index in [2.05, 4.69) is 30.4 Å². The summed E-state index contributed by atoms with van der Waals surface area (Å²) in [6.45, 7) is 6.94. The largest absolute Gasteiger partial charge is 0.380 e. The molecule has 26 heavy (non-hydrogen) atoms. The van der Waals surface area contributed by atoms with Gasteiger partial charge in [-0.05, 0) is 44.2 Å². The van der Waals surface area contributed by atoms with Gasteiger partial charge < -0.3 is 10.1 Å². The molecule has 3 aromatic rings. The highest BCUT2D eigenvalue weighted by Gasteiger charge is 2.12. The van der Waals surface area contributed by atoms with Crippen LogP contribution in [0, 0.1) is 12.7 Å². The van der Waals surface area contributed by atoms with Crippen molar-refractivity contribution in [2.45, 2.75) is 20.4 Å². The van der Waals surface area contributed by atoms with Crippen molar-refractivity contribution in [1.29, 1.82) is 0 Å². The van der Waals surface area contributed by atoms with Gasteiger partial charge in [-0.25, -0.2) is 9.07 Å². The number of halogens is 1. The van der Waals surface area contributed by atoms with Crippen molar-refractivity contribution < 1.29 is 9.13 Å². The van der Waals surface area contributed by atoms with E-state index in [1.54, 1.807) is 16.8 Å². The van der Waals surface area contributed by atoms with E-state index >= 15 is 0 Å². The summed E-state index contributed by atoms with van der Waals surface area (Å²) in [5, 5.41) is 8.16. The highest BCUT2D eigenvalue weighted by atomic mass is 19.1. The van der Waals surface area contributed by atoms with Crippen LogP contribution in [0.1, 0.15) is 18.1 Å². The average molecular weight is 353 g/mol. The van der Waals surface area contributed by atoms with Crippen molar-refractivity contribution in [3.8, 4) is 16.9 Å². The molecule has 0 saturated heterocycles. The van der Waals surface area contributed by atoms with Gasteiger partial charge in [0.1, 0.15) is 5.82 Å². The highest BCUT2D eigenvalue weighted by molar-refractivity contribution is 5.64. The molecule has 0 saturated carbocycles. The molecular formula is C21H24FN3O. The summed E-state index contributed by atoms with van der Waals surface area (Å²) in [6.07, 6.45) is 2.00. The van der Waals surface area contributed by atoms with Gasteiger partial charge in [0.2, 0.25) is 0 Å². The summed E-state index contributed by atoms with van der Waals surface area (Å²) < 4.78 is 20.4. The molecule has 0 spiro atoms. The summed E-state index contributed by atoms with van der Waals surface area (Å²) in [5.41, 5.74) is 5.13. The Balaban J connectivity index is 1.88. The first-order valence-corrected chi connectivity index (χ1v) is 8.87. The number of hydrogen-bond donors (Lipinski definition) is 1. The number of rotatable bonds is 8. The van der Waals surface area contributed by atoms with Crippen LogP contribution in [-0.2, 0) is 11.3 Å². The average Bonchev–Trinajstić information content (AvgIpc) is 3.06. The normalized spacial score (nSPS) is 11.0. The second-order valence-corrected chi connectivity index (χ2v) is 6.17. The molecular weight excluding hydrogens is 329 g/mol. The lowest BCUT2D eigenvalue weighted by atomic mass is 10.1. The van der Waals surface area contributed by atoms with E-state index in [1.165, 1.54) is 17.7 Å². The van der Waals surface area contributed by atoms with E-state index in [-0.39, 0.29) is 5.82 Å². The van der Waals surface area contributed by atoms with Gasteiger partial charge in [0, 0.05) is 37.0 Å². The fourth-order valence-electron chi connectivity index (χ4n) is 2.81. The SMILES string of the molecule is CCOCCNCc1cn(-c2ccc(F)cc2)nc1-c1cccc(C)c1. The molecule has 4 nitrogen and oxygen atoms in total. The molecule has 0 fully saturated rings. The Hall–Kier alpha value is -2.50. The van der Waals surface area contributed by atoms with Gasteiger partial charge in [0.05, 0.1) is 18.0 Å². The van der Waals surface area contributed by atoms with Crippen LogP contribution < -0.4 is 5.32 Å². The molecule has 0 aliphatic carbocycles. The van der Waals surface area contributed by atoms with Crippen LogP contribution in [0.25, 0.3) is 16.9 Å². The molecule has 1 N–H and O–H groups in total. The van der Waals surface area contributed by atoms with Gasteiger partial charge in [-0.1, -0.05) is 23.8 Å². The summed E-state index contributed by atoms with van der Waals surface area (Å²) in [6, 6.07) is 14.7. The van der Waals surface area contributed by atoms with Gasteiger partial charge in [-0.2, -0.15) is 5.10 Å².